The summed E-state index contributed by atoms with van der Waals surface area (Å²) in [5.41, 5.74) is 0. The molecule has 4 saturated heterocycles. The van der Waals surface area contributed by atoms with Gasteiger partial charge in [0.2, 0.25) is 0 Å². The molecule has 8 rings (SSSR count). The van der Waals surface area contributed by atoms with E-state index in [1.807, 2.05) is 0 Å². The Kier molecular flexibility index (Phi) is 21.7. The van der Waals surface area contributed by atoms with Crippen molar-refractivity contribution in [2.24, 2.45) is 23.7 Å². The maximum atomic E-state index is 13.5. The lowest BCUT2D eigenvalue weighted by Gasteiger charge is -2.52. The van der Waals surface area contributed by atoms with Gasteiger partial charge < -0.3 is 113 Å². The predicted octanol–water partition coefficient (Wildman–Crippen LogP) is -3.13. The van der Waals surface area contributed by atoms with Gasteiger partial charge in [-0.1, -0.05) is 12.2 Å². The Morgan fingerprint density at radius 1 is 0.519 bits per heavy atom. The van der Waals surface area contributed by atoms with E-state index in [0.717, 1.165) is 6.08 Å². The minimum Gasteiger partial charge on any atom is -0.460 e. The van der Waals surface area contributed by atoms with Crippen LogP contribution in [0.25, 0.3) is 0 Å². The van der Waals surface area contributed by atoms with Crippen molar-refractivity contribution in [3.05, 3.63) is 24.3 Å². The first-order valence-electron chi connectivity index (χ1n) is 27.3. The molecule has 4 saturated carbocycles. The molecule has 4 aliphatic carbocycles. The molecule has 25 heteroatoms. The van der Waals surface area contributed by atoms with Crippen LogP contribution in [-0.4, -0.2) is 254 Å². The van der Waals surface area contributed by atoms with Crippen LogP contribution in [0.3, 0.4) is 0 Å². The Morgan fingerprint density at radius 3 is 1.79 bits per heavy atom. The van der Waals surface area contributed by atoms with E-state index < -0.39 is 185 Å². The molecule has 0 bridgehead atoms. The van der Waals surface area contributed by atoms with E-state index in [1.54, 1.807) is 12.2 Å². The lowest BCUT2D eigenvalue weighted by Crippen LogP contribution is -2.65. The second-order valence-corrected chi connectivity index (χ2v) is 22.3. The summed E-state index contributed by atoms with van der Waals surface area (Å²) in [6.45, 7) is -1.83. The molecule has 0 aromatic heterocycles. The van der Waals surface area contributed by atoms with Gasteiger partial charge in [-0.25, -0.2) is 9.59 Å². The summed E-state index contributed by atoms with van der Waals surface area (Å²) in [7, 11) is 2.90. The number of carbonyl (C=O) groups excluding carboxylic acids is 2. The smallest absolute Gasteiger partial charge is 0.330 e. The average molecular weight is 1110 g/mol. The zero-order chi connectivity index (χ0) is 55.2. The summed E-state index contributed by atoms with van der Waals surface area (Å²) in [6.07, 6.45) is -20.0. The second-order valence-electron chi connectivity index (χ2n) is 22.3. The number of rotatable bonds is 17. The SMILES string of the molecule is COC1CC(C=CC(=O)O[C@H]2[C@H](O[C@H]3[C@H](OC4CC5C(CC(O)CC5O[C@@H]5O[C@H](CO)[C@@H](O)[C@H](O)[C@H]5O)OC4C4CCC(O)CC4)O[C@H](COC(=O)C=CC4CCC(O)CC4)[C@@H](O)[C@@H]3O)OC[C@@H](O)[C@@H]2O)CC(OC)C1O. The van der Waals surface area contributed by atoms with Crippen molar-refractivity contribution in [3.8, 4) is 0 Å². The van der Waals surface area contributed by atoms with Crippen molar-refractivity contribution in [2.75, 3.05) is 34.0 Å². The van der Waals surface area contributed by atoms with Gasteiger partial charge in [0.25, 0.3) is 0 Å². The minimum absolute atomic E-state index is 0.00133. The normalized spacial score (nSPS) is 48.1. The molecule has 12 N–H and O–H groups in total. The fraction of sp³-hybridized carbons (Fsp3) is 0.885. The van der Waals surface area contributed by atoms with Gasteiger partial charge >= 0.3 is 11.9 Å². The third-order valence-corrected chi connectivity index (χ3v) is 17.0. The van der Waals surface area contributed by atoms with Crippen LogP contribution in [0.2, 0.25) is 0 Å². The number of hydrogen-bond acceptors (Lipinski definition) is 25. The monoisotopic (exact) mass is 1110 g/mol. The molecular weight excluding hydrogens is 1020 g/mol. The number of carbonyl (C=O) groups is 2. The lowest BCUT2D eigenvalue weighted by atomic mass is 9.73. The fourth-order valence-electron chi connectivity index (χ4n) is 12.4. The summed E-state index contributed by atoms with van der Waals surface area (Å²) in [5, 5.41) is 130. The predicted molar refractivity (Wildman–Crippen MR) is 258 cm³/mol. The molecule has 8 aliphatic rings. The summed E-state index contributed by atoms with van der Waals surface area (Å²) in [5.74, 6) is -2.89. The highest BCUT2D eigenvalue weighted by atomic mass is 16.8. The molecule has 0 aromatic carbocycles. The van der Waals surface area contributed by atoms with Gasteiger partial charge in [0.1, 0.15) is 73.8 Å². The number of allylic oxidation sites excluding steroid dienone is 2. The van der Waals surface area contributed by atoms with Crippen LogP contribution in [0.4, 0.5) is 0 Å². The van der Waals surface area contributed by atoms with Crippen molar-refractivity contribution in [1.82, 2.24) is 0 Å². The van der Waals surface area contributed by atoms with E-state index in [1.165, 1.54) is 20.3 Å². The fourth-order valence-corrected chi connectivity index (χ4v) is 12.4. The van der Waals surface area contributed by atoms with Crippen LogP contribution in [0, 0.1) is 23.7 Å². The number of fused-ring (bicyclic) bond motifs is 1. The van der Waals surface area contributed by atoms with Crippen LogP contribution >= 0.6 is 0 Å². The van der Waals surface area contributed by atoms with E-state index in [2.05, 4.69) is 0 Å². The molecule has 77 heavy (non-hydrogen) atoms. The van der Waals surface area contributed by atoms with E-state index in [-0.39, 0.29) is 37.0 Å². The standard InChI is InChI=1S/C52H82O25/c1-67-33-15-24(16-34(68-2)41(33)61)6-14-39(59)76-48-40(60)30(57)21-70-51(48)77-49-45(65)43(63)37(22-69-38(58)13-5-23-3-9-26(54)10-4-23)75-52(49)73-35-19-29-31(71-47(35)25-7-11-27(55)12-8-25)17-28(56)18-32(29)72-50-46(66)44(64)42(62)36(20-53)74-50/h5-6,13-14,23-37,40-57,60-66H,3-4,7-12,15-22H2,1-2H3/t23?,24?,25?,26?,27?,28?,29?,30-,31?,32?,33?,34?,35?,36-,37-,40+,41?,42-,43-,44+,45+,46-,47?,48-,49-,50-,51+,52-/m1/s1. The summed E-state index contributed by atoms with van der Waals surface area (Å²) in [4.78, 5) is 26.6. The first-order chi connectivity index (χ1) is 36.8. The highest BCUT2D eigenvalue weighted by Crippen LogP contribution is 2.45. The van der Waals surface area contributed by atoms with E-state index in [0.29, 0.717) is 64.2 Å². The maximum Gasteiger partial charge on any atom is 0.330 e. The minimum atomic E-state index is -1.93. The number of methoxy groups -OCH3 is 2. The van der Waals surface area contributed by atoms with Gasteiger partial charge in [0.05, 0.1) is 68.1 Å². The van der Waals surface area contributed by atoms with Gasteiger partial charge in [-0.15, -0.1) is 0 Å². The van der Waals surface area contributed by atoms with Crippen LogP contribution in [0.1, 0.15) is 83.5 Å². The third-order valence-electron chi connectivity index (χ3n) is 17.0. The van der Waals surface area contributed by atoms with E-state index >= 15 is 0 Å². The second kappa shape index (κ2) is 27.6. The molecule has 25 nitrogen and oxygen atoms in total. The Hall–Kier alpha value is -2.42. The van der Waals surface area contributed by atoms with Crippen molar-refractivity contribution in [3.63, 3.8) is 0 Å². The highest BCUT2D eigenvalue weighted by Gasteiger charge is 2.56. The highest BCUT2D eigenvalue weighted by molar-refractivity contribution is 5.82. The summed E-state index contributed by atoms with van der Waals surface area (Å²) in [6, 6.07) is 0. The van der Waals surface area contributed by atoms with Crippen molar-refractivity contribution < 1.29 is 123 Å². The van der Waals surface area contributed by atoms with Crippen molar-refractivity contribution in [2.45, 2.75) is 231 Å². The molecule has 8 unspecified atom stereocenters. The van der Waals surface area contributed by atoms with Crippen LogP contribution in [0.5, 0.6) is 0 Å². The van der Waals surface area contributed by atoms with Crippen LogP contribution in [0.15, 0.2) is 24.3 Å². The number of hydrogen-bond donors (Lipinski definition) is 12. The summed E-state index contributed by atoms with van der Waals surface area (Å²) < 4.78 is 66.4. The molecule has 4 aliphatic heterocycles. The summed E-state index contributed by atoms with van der Waals surface area (Å²) >= 11 is 0. The van der Waals surface area contributed by atoms with Gasteiger partial charge in [-0.3, -0.25) is 0 Å². The van der Waals surface area contributed by atoms with Gasteiger partial charge in [0.15, 0.2) is 25.0 Å². The topological polar surface area (TPSA) is 378 Å². The van der Waals surface area contributed by atoms with Gasteiger partial charge in [0, 0.05) is 38.7 Å². The largest absolute Gasteiger partial charge is 0.460 e. The zero-order valence-corrected chi connectivity index (χ0v) is 43.5. The van der Waals surface area contributed by atoms with E-state index in [9.17, 15) is 70.9 Å². The Bertz CT molecular complexity index is 1900. The van der Waals surface area contributed by atoms with Crippen LogP contribution < -0.4 is 0 Å². The number of ether oxygens (including phenoxy) is 11. The molecule has 8 fully saturated rings. The molecule has 0 aromatic rings. The van der Waals surface area contributed by atoms with Gasteiger partial charge in [-0.2, -0.15) is 0 Å². The molecule has 0 spiro atoms. The van der Waals surface area contributed by atoms with Crippen molar-refractivity contribution in [1.29, 1.82) is 0 Å². The Labute approximate surface area is 446 Å². The number of aliphatic hydroxyl groups is 12. The van der Waals surface area contributed by atoms with Gasteiger partial charge in [-0.05, 0) is 94.8 Å². The maximum absolute atomic E-state index is 13.5. The molecule has 4 heterocycles. The molecule has 22 atom stereocenters. The molecule has 0 amide bonds. The molecular formula is C52H82O25. The number of aliphatic hydroxyl groups excluding tert-OH is 12. The molecule has 440 valence electrons. The average Bonchev–Trinajstić information content (AvgIpc) is 3.45. The third kappa shape index (κ3) is 14.8. The Balaban J connectivity index is 1.05. The first kappa shape index (κ1) is 60.7. The van der Waals surface area contributed by atoms with Crippen LogP contribution in [-0.2, 0) is 61.7 Å². The number of esters is 2. The van der Waals surface area contributed by atoms with Crippen molar-refractivity contribution >= 4 is 11.9 Å². The quantitative estimate of drug-likeness (QED) is 0.0506. The first-order valence-corrected chi connectivity index (χ1v) is 27.3. The molecule has 0 radical (unpaired) electrons. The van der Waals surface area contributed by atoms with E-state index in [4.69, 9.17) is 52.1 Å². The zero-order valence-electron chi connectivity index (χ0n) is 43.5. The lowest BCUT2D eigenvalue weighted by molar-refractivity contribution is -0.373. The Morgan fingerprint density at radius 2 is 1.13 bits per heavy atom.